The van der Waals surface area contributed by atoms with Crippen LogP contribution in [-0.2, 0) is 0 Å². The molecule has 1 saturated carbocycles. The second-order valence-corrected chi connectivity index (χ2v) is 6.06. The molecule has 0 N–H and O–H groups in total. The van der Waals surface area contributed by atoms with E-state index in [0.29, 0.717) is 11.7 Å². The van der Waals surface area contributed by atoms with Gasteiger partial charge in [-0.2, -0.15) is 0 Å². The molecule has 2 nitrogen and oxygen atoms in total. The number of carbonyl (C=O) groups excluding carboxylic acids is 1. The lowest BCUT2D eigenvalue weighted by Gasteiger charge is -2.27. The number of rotatable bonds is 3. The van der Waals surface area contributed by atoms with Gasteiger partial charge < -0.3 is 4.74 Å². The van der Waals surface area contributed by atoms with Gasteiger partial charge >= 0.3 is 0 Å². The standard InChI is InChI=1S/C15H19BrO2/c1-10-3-6-13(7-4-10)18-15-8-5-12(11(2)17)9-14(15)16/h5,8-10,13H,3-4,6-7H2,1-2H3. The topological polar surface area (TPSA) is 26.3 Å². The van der Waals surface area contributed by atoms with E-state index in [1.54, 1.807) is 6.92 Å². The van der Waals surface area contributed by atoms with Gasteiger partial charge in [0.2, 0.25) is 0 Å². The summed E-state index contributed by atoms with van der Waals surface area (Å²) in [6.07, 6.45) is 5.06. The summed E-state index contributed by atoms with van der Waals surface area (Å²) in [7, 11) is 0. The van der Waals surface area contributed by atoms with Crippen LogP contribution in [0.15, 0.2) is 22.7 Å². The molecule has 0 radical (unpaired) electrons. The number of ketones is 1. The van der Waals surface area contributed by atoms with E-state index in [1.807, 2.05) is 18.2 Å². The molecule has 0 saturated heterocycles. The molecule has 1 aromatic rings. The lowest BCUT2D eigenvalue weighted by molar-refractivity contribution is 0.101. The lowest BCUT2D eigenvalue weighted by Crippen LogP contribution is -2.23. The van der Waals surface area contributed by atoms with Crippen LogP contribution in [-0.4, -0.2) is 11.9 Å². The molecule has 2 rings (SSSR count). The molecule has 18 heavy (non-hydrogen) atoms. The van der Waals surface area contributed by atoms with E-state index in [1.165, 1.54) is 12.8 Å². The Morgan fingerprint density at radius 1 is 1.28 bits per heavy atom. The molecule has 0 heterocycles. The predicted octanol–water partition coefficient (Wildman–Crippen LogP) is 4.61. The molecule has 0 amide bonds. The number of hydrogen-bond donors (Lipinski definition) is 0. The first-order chi connectivity index (χ1) is 8.56. The van der Waals surface area contributed by atoms with Crippen molar-refractivity contribution < 1.29 is 9.53 Å². The Kier molecular flexibility index (Phi) is 4.44. The largest absolute Gasteiger partial charge is 0.489 e. The first-order valence-corrected chi connectivity index (χ1v) is 7.32. The molecule has 0 aliphatic heterocycles. The van der Waals surface area contributed by atoms with Gasteiger partial charge in [-0.15, -0.1) is 0 Å². The third-order valence-electron chi connectivity index (χ3n) is 3.59. The first-order valence-electron chi connectivity index (χ1n) is 6.53. The Labute approximate surface area is 117 Å². The van der Waals surface area contributed by atoms with Crippen molar-refractivity contribution in [3.8, 4) is 5.75 Å². The summed E-state index contributed by atoms with van der Waals surface area (Å²) < 4.78 is 6.88. The Morgan fingerprint density at radius 2 is 1.94 bits per heavy atom. The average molecular weight is 311 g/mol. The van der Waals surface area contributed by atoms with Crippen molar-refractivity contribution in [3.63, 3.8) is 0 Å². The van der Waals surface area contributed by atoms with E-state index in [4.69, 9.17) is 4.74 Å². The smallest absolute Gasteiger partial charge is 0.159 e. The van der Waals surface area contributed by atoms with Crippen LogP contribution >= 0.6 is 15.9 Å². The van der Waals surface area contributed by atoms with Gasteiger partial charge in [0.05, 0.1) is 10.6 Å². The minimum absolute atomic E-state index is 0.0775. The zero-order valence-corrected chi connectivity index (χ0v) is 12.5. The molecule has 0 aromatic heterocycles. The van der Waals surface area contributed by atoms with Crippen molar-refractivity contribution in [3.05, 3.63) is 28.2 Å². The fourth-order valence-corrected chi connectivity index (χ4v) is 2.81. The van der Waals surface area contributed by atoms with Gasteiger partial charge in [-0.25, -0.2) is 0 Å². The van der Waals surface area contributed by atoms with Crippen LogP contribution in [0.1, 0.15) is 49.9 Å². The summed E-state index contributed by atoms with van der Waals surface area (Å²) >= 11 is 3.48. The minimum Gasteiger partial charge on any atom is -0.489 e. The highest BCUT2D eigenvalue weighted by atomic mass is 79.9. The van der Waals surface area contributed by atoms with Crippen LogP contribution in [0.2, 0.25) is 0 Å². The van der Waals surface area contributed by atoms with Crippen LogP contribution in [0.3, 0.4) is 0 Å². The Hall–Kier alpha value is -0.830. The van der Waals surface area contributed by atoms with Gasteiger partial charge in [0.1, 0.15) is 5.75 Å². The fourth-order valence-electron chi connectivity index (χ4n) is 2.34. The van der Waals surface area contributed by atoms with Gasteiger partial charge in [-0.1, -0.05) is 6.92 Å². The molecule has 0 atom stereocenters. The van der Waals surface area contributed by atoms with E-state index in [2.05, 4.69) is 22.9 Å². The van der Waals surface area contributed by atoms with Crippen molar-refractivity contribution in [2.75, 3.05) is 0 Å². The summed E-state index contributed by atoms with van der Waals surface area (Å²) in [5.41, 5.74) is 0.714. The van der Waals surface area contributed by atoms with E-state index in [9.17, 15) is 4.79 Å². The summed E-state index contributed by atoms with van der Waals surface area (Å²) in [5.74, 6) is 1.75. The maximum Gasteiger partial charge on any atom is 0.159 e. The van der Waals surface area contributed by atoms with Crippen LogP contribution in [0.5, 0.6) is 5.75 Å². The number of hydrogen-bond acceptors (Lipinski definition) is 2. The highest BCUT2D eigenvalue weighted by Crippen LogP contribution is 2.31. The number of halogens is 1. The molecule has 98 valence electrons. The molecule has 1 fully saturated rings. The van der Waals surface area contributed by atoms with E-state index in [-0.39, 0.29) is 5.78 Å². The van der Waals surface area contributed by atoms with Gasteiger partial charge in [-0.05, 0) is 72.7 Å². The van der Waals surface area contributed by atoms with Gasteiger partial charge in [0.15, 0.2) is 5.78 Å². The maximum atomic E-state index is 11.3. The molecule has 1 aromatic carbocycles. The van der Waals surface area contributed by atoms with Gasteiger partial charge in [-0.3, -0.25) is 4.79 Å². The third kappa shape index (κ3) is 3.35. The third-order valence-corrected chi connectivity index (χ3v) is 4.21. The highest BCUT2D eigenvalue weighted by Gasteiger charge is 2.20. The monoisotopic (exact) mass is 310 g/mol. The second kappa shape index (κ2) is 5.87. The highest BCUT2D eigenvalue weighted by molar-refractivity contribution is 9.10. The number of carbonyl (C=O) groups is 1. The van der Waals surface area contributed by atoms with Crippen molar-refractivity contribution in [2.24, 2.45) is 5.92 Å². The van der Waals surface area contributed by atoms with Gasteiger partial charge in [0, 0.05) is 5.56 Å². The number of ether oxygens (including phenoxy) is 1. The van der Waals surface area contributed by atoms with Crippen LogP contribution < -0.4 is 4.74 Å². The average Bonchev–Trinajstić information content (AvgIpc) is 2.34. The van der Waals surface area contributed by atoms with Crippen LogP contribution in [0, 0.1) is 5.92 Å². The molecule has 0 bridgehead atoms. The molecule has 0 spiro atoms. The zero-order chi connectivity index (χ0) is 13.1. The predicted molar refractivity (Wildman–Crippen MR) is 76.2 cm³/mol. The van der Waals surface area contributed by atoms with E-state index in [0.717, 1.165) is 29.0 Å². The maximum absolute atomic E-state index is 11.3. The Bertz CT molecular complexity index is 434. The summed E-state index contributed by atoms with van der Waals surface area (Å²) in [4.78, 5) is 11.3. The summed E-state index contributed by atoms with van der Waals surface area (Å²) in [6.45, 7) is 3.87. The quantitative estimate of drug-likeness (QED) is 0.762. The second-order valence-electron chi connectivity index (χ2n) is 5.20. The molecule has 1 aliphatic rings. The molecule has 0 unspecified atom stereocenters. The Balaban J connectivity index is 2.03. The molecular weight excluding hydrogens is 292 g/mol. The van der Waals surface area contributed by atoms with Crippen molar-refractivity contribution in [2.45, 2.75) is 45.6 Å². The van der Waals surface area contributed by atoms with Crippen LogP contribution in [0.4, 0.5) is 0 Å². The molecular formula is C15H19BrO2. The van der Waals surface area contributed by atoms with Crippen LogP contribution in [0.25, 0.3) is 0 Å². The normalized spacial score (nSPS) is 23.7. The molecule has 1 aliphatic carbocycles. The van der Waals surface area contributed by atoms with Crippen molar-refractivity contribution in [1.29, 1.82) is 0 Å². The molecule has 3 heteroatoms. The number of benzene rings is 1. The van der Waals surface area contributed by atoms with E-state index >= 15 is 0 Å². The van der Waals surface area contributed by atoms with Crippen molar-refractivity contribution in [1.82, 2.24) is 0 Å². The summed E-state index contributed by atoms with van der Waals surface area (Å²) in [6, 6.07) is 5.55. The van der Waals surface area contributed by atoms with Crippen molar-refractivity contribution >= 4 is 21.7 Å². The Morgan fingerprint density at radius 3 is 2.50 bits per heavy atom. The van der Waals surface area contributed by atoms with Gasteiger partial charge in [0.25, 0.3) is 0 Å². The first kappa shape index (κ1) is 13.6. The zero-order valence-electron chi connectivity index (χ0n) is 10.9. The SMILES string of the molecule is CC(=O)c1ccc(OC2CCC(C)CC2)c(Br)c1. The lowest BCUT2D eigenvalue weighted by atomic mass is 9.89. The number of Topliss-reactive ketones (excluding diaryl/α,β-unsaturated/α-hetero) is 1. The fraction of sp³-hybridized carbons (Fsp3) is 0.533. The van der Waals surface area contributed by atoms with E-state index < -0.39 is 0 Å². The minimum atomic E-state index is 0.0775. The summed E-state index contributed by atoms with van der Waals surface area (Å²) in [5, 5.41) is 0.